The first-order valence-corrected chi connectivity index (χ1v) is 6.33. The summed E-state index contributed by atoms with van der Waals surface area (Å²) < 4.78 is 30.2. The van der Waals surface area contributed by atoms with Gasteiger partial charge in [-0.3, -0.25) is 0 Å². The number of carbonyl (C=O) groups is 1. The first-order chi connectivity index (χ1) is 8.01. The minimum Gasteiger partial charge on any atom is -0.462 e. The Bertz CT molecular complexity index is 429. The largest absolute Gasteiger partial charge is 0.462 e. The monoisotopic (exact) mass is 375 g/mol. The number of carbonyl (C=O) groups excluding carboxylic acids is 1. The van der Waals surface area contributed by atoms with E-state index in [1.807, 2.05) is 0 Å². The summed E-state index contributed by atoms with van der Waals surface area (Å²) in [5.41, 5.74) is 0.0120. The average molecular weight is 376 g/mol. The summed E-state index contributed by atoms with van der Waals surface area (Å²) in [7, 11) is 0. The summed E-state index contributed by atoms with van der Waals surface area (Å²) >= 11 is 7.44. The van der Waals surface area contributed by atoms with Crippen LogP contribution in [0.15, 0.2) is 6.07 Å². The highest BCUT2D eigenvalue weighted by Gasteiger charge is 2.20. The van der Waals surface area contributed by atoms with Gasteiger partial charge < -0.3 is 4.74 Å². The first-order valence-electron chi connectivity index (χ1n) is 4.71. The van der Waals surface area contributed by atoms with Crippen LogP contribution >= 0.6 is 34.2 Å². The van der Waals surface area contributed by atoms with E-state index in [9.17, 15) is 13.6 Å². The number of hydrogen-bond donors (Lipinski definition) is 0. The van der Waals surface area contributed by atoms with Crippen molar-refractivity contribution >= 4 is 40.2 Å². The highest BCUT2D eigenvalue weighted by Crippen LogP contribution is 2.25. The fourth-order valence-electron chi connectivity index (χ4n) is 1.19. The van der Waals surface area contributed by atoms with Gasteiger partial charge in [0, 0.05) is 5.56 Å². The molecule has 0 amide bonds. The molecule has 0 bridgehead atoms. The van der Waals surface area contributed by atoms with Crippen LogP contribution in [0.2, 0.25) is 0 Å². The van der Waals surface area contributed by atoms with Crippen LogP contribution in [-0.4, -0.2) is 17.6 Å². The van der Waals surface area contributed by atoms with Gasteiger partial charge in [0.2, 0.25) is 0 Å². The van der Waals surface area contributed by atoms with E-state index in [0.29, 0.717) is 9.26 Å². The van der Waals surface area contributed by atoms with Gasteiger partial charge in [0.15, 0.2) is 0 Å². The van der Waals surface area contributed by atoms with Crippen molar-refractivity contribution in [2.24, 2.45) is 0 Å². The van der Waals surface area contributed by atoms with E-state index < -0.39 is 18.1 Å². The van der Waals surface area contributed by atoms with Crippen molar-refractivity contribution in [2.45, 2.75) is 19.2 Å². The van der Waals surface area contributed by atoms with Gasteiger partial charge in [0.05, 0.1) is 18.1 Å². The average Bonchev–Trinajstić information content (AvgIpc) is 2.28. The van der Waals surface area contributed by atoms with Crippen molar-refractivity contribution in [1.29, 1.82) is 0 Å². The molecular formula is C10H9ClF2INO2. The molecule has 0 aliphatic rings. The van der Waals surface area contributed by atoms with E-state index in [1.54, 1.807) is 29.5 Å². The molecule has 1 heterocycles. The second-order valence-corrected chi connectivity index (χ2v) is 4.31. The number of nitrogens with zero attached hydrogens (tertiary/aromatic N) is 1. The maximum absolute atomic E-state index is 12.6. The number of aromatic nitrogens is 1. The molecule has 7 heteroatoms. The lowest BCUT2D eigenvalue weighted by atomic mass is 10.1. The molecule has 0 aliphatic heterocycles. The van der Waals surface area contributed by atoms with Crippen molar-refractivity contribution in [3.63, 3.8) is 0 Å². The molecule has 0 fully saturated rings. The van der Waals surface area contributed by atoms with Crippen LogP contribution in [0.4, 0.5) is 8.78 Å². The number of rotatable bonds is 4. The van der Waals surface area contributed by atoms with Crippen LogP contribution in [0.25, 0.3) is 0 Å². The molecule has 17 heavy (non-hydrogen) atoms. The topological polar surface area (TPSA) is 39.2 Å². The third-order valence-corrected chi connectivity index (χ3v) is 3.11. The van der Waals surface area contributed by atoms with E-state index in [4.69, 9.17) is 16.3 Å². The second-order valence-electron chi connectivity index (χ2n) is 3.02. The molecule has 1 aromatic rings. The normalized spacial score (nSPS) is 10.7. The van der Waals surface area contributed by atoms with Crippen LogP contribution in [0.3, 0.4) is 0 Å². The number of ether oxygens (including phenoxy) is 1. The van der Waals surface area contributed by atoms with Crippen molar-refractivity contribution in [3.8, 4) is 0 Å². The van der Waals surface area contributed by atoms with Crippen LogP contribution < -0.4 is 0 Å². The molecule has 0 atom stereocenters. The van der Waals surface area contributed by atoms with E-state index in [2.05, 4.69) is 4.98 Å². The molecule has 1 aromatic heterocycles. The summed E-state index contributed by atoms with van der Waals surface area (Å²) in [5, 5.41) is 0. The minimum absolute atomic E-state index is 0.0168. The maximum atomic E-state index is 12.6. The molecule has 0 N–H and O–H groups in total. The summed E-state index contributed by atoms with van der Waals surface area (Å²) in [4.78, 5) is 15.3. The highest BCUT2D eigenvalue weighted by atomic mass is 127. The fraction of sp³-hybridized carbons (Fsp3) is 0.400. The zero-order valence-electron chi connectivity index (χ0n) is 8.84. The van der Waals surface area contributed by atoms with E-state index >= 15 is 0 Å². The molecule has 94 valence electrons. The van der Waals surface area contributed by atoms with E-state index in [-0.39, 0.29) is 18.1 Å². The van der Waals surface area contributed by atoms with Crippen molar-refractivity contribution in [2.75, 3.05) is 6.61 Å². The standard InChI is InChI=1S/C10H9ClF2INO2/c1-2-17-10(16)5-3-7(8(12)13)15-9(14)6(5)4-11/h3,8H,2,4H2,1H3. The summed E-state index contributed by atoms with van der Waals surface area (Å²) in [5.74, 6) is -0.645. The lowest BCUT2D eigenvalue weighted by molar-refractivity contribution is 0.0524. The number of pyridine rings is 1. The van der Waals surface area contributed by atoms with Gasteiger partial charge in [0.1, 0.15) is 9.39 Å². The Balaban J connectivity index is 3.28. The van der Waals surface area contributed by atoms with E-state index in [0.717, 1.165) is 6.07 Å². The van der Waals surface area contributed by atoms with Gasteiger partial charge >= 0.3 is 5.97 Å². The summed E-state index contributed by atoms with van der Waals surface area (Å²) in [6, 6.07) is 1.03. The molecular weight excluding hydrogens is 366 g/mol. The number of halogens is 4. The van der Waals surface area contributed by atoms with Crippen LogP contribution in [0, 0.1) is 3.70 Å². The Labute approximate surface area is 116 Å². The molecule has 0 aliphatic carbocycles. The van der Waals surface area contributed by atoms with E-state index in [1.165, 1.54) is 0 Å². The van der Waals surface area contributed by atoms with Gasteiger partial charge in [-0.25, -0.2) is 18.6 Å². The number of alkyl halides is 3. The molecule has 1 rings (SSSR count). The zero-order chi connectivity index (χ0) is 13.0. The zero-order valence-corrected chi connectivity index (χ0v) is 11.8. The van der Waals surface area contributed by atoms with Crippen LogP contribution in [0.1, 0.15) is 35.0 Å². The first kappa shape index (κ1) is 14.6. The summed E-state index contributed by atoms with van der Waals surface area (Å²) in [6.45, 7) is 1.81. The predicted molar refractivity (Wildman–Crippen MR) is 67.4 cm³/mol. The lowest BCUT2D eigenvalue weighted by Crippen LogP contribution is -2.11. The molecule has 3 nitrogen and oxygen atoms in total. The van der Waals surface area contributed by atoms with Crippen LogP contribution in [-0.2, 0) is 10.6 Å². The summed E-state index contributed by atoms with van der Waals surface area (Å²) in [6.07, 6.45) is -2.74. The van der Waals surface area contributed by atoms with Gasteiger partial charge in [0.25, 0.3) is 6.43 Å². The van der Waals surface area contributed by atoms with Gasteiger partial charge in [-0.15, -0.1) is 11.6 Å². The second kappa shape index (κ2) is 6.44. The van der Waals surface area contributed by atoms with Crippen molar-refractivity contribution < 1.29 is 18.3 Å². The molecule has 0 saturated carbocycles. The smallest absolute Gasteiger partial charge is 0.338 e. The van der Waals surface area contributed by atoms with Gasteiger partial charge in [-0.1, -0.05) is 0 Å². The maximum Gasteiger partial charge on any atom is 0.338 e. The Morgan fingerprint density at radius 3 is 2.76 bits per heavy atom. The van der Waals surface area contributed by atoms with Gasteiger partial charge in [-0.05, 0) is 35.6 Å². The minimum atomic E-state index is -2.74. The van der Waals surface area contributed by atoms with Crippen molar-refractivity contribution in [3.05, 3.63) is 26.6 Å². The Hall–Kier alpha value is -0.500. The predicted octanol–water partition coefficient (Wildman–Crippen LogP) is 3.54. The Morgan fingerprint density at radius 1 is 1.65 bits per heavy atom. The molecule has 0 aromatic carbocycles. The van der Waals surface area contributed by atoms with Crippen LogP contribution in [0.5, 0.6) is 0 Å². The molecule has 0 saturated heterocycles. The number of hydrogen-bond acceptors (Lipinski definition) is 3. The Kier molecular flexibility index (Phi) is 5.51. The lowest BCUT2D eigenvalue weighted by Gasteiger charge is -2.10. The molecule has 0 spiro atoms. The highest BCUT2D eigenvalue weighted by molar-refractivity contribution is 14.1. The molecule has 0 unspecified atom stereocenters. The molecule has 0 radical (unpaired) electrons. The van der Waals surface area contributed by atoms with Gasteiger partial charge in [-0.2, -0.15) is 0 Å². The fourth-order valence-corrected chi connectivity index (χ4v) is 2.44. The third-order valence-electron chi connectivity index (χ3n) is 1.95. The Morgan fingerprint density at radius 2 is 2.29 bits per heavy atom. The SMILES string of the molecule is CCOC(=O)c1cc(C(F)F)nc(I)c1CCl. The third kappa shape index (κ3) is 3.48. The van der Waals surface area contributed by atoms with Crippen molar-refractivity contribution in [1.82, 2.24) is 4.98 Å². The number of esters is 1. The quantitative estimate of drug-likeness (QED) is 0.350.